The van der Waals surface area contributed by atoms with E-state index in [1.165, 1.54) is 0 Å². The number of hydrogen-bond donors (Lipinski definition) is 2. The molecule has 0 unspecified atom stereocenters. The smallest absolute Gasteiger partial charge is 0.115 e. The molecule has 2 aromatic rings. The first kappa shape index (κ1) is 6.84. The molecular weight excluding hydrogens is 154 g/mol. The zero-order valence-electron chi connectivity index (χ0n) is 6.28. The summed E-state index contributed by atoms with van der Waals surface area (Å²) in [6.07, 6.45) is 0. The van der Waals surface area contributed by atoms with Crippen LogP contribution in [0.2, 0.25) is 0 Å². The highest BCUT2D eigenvalue weighted by Gasteiger charge is 2.00. The van der Waals surface area contributed by atoms with Gasteiger partial charge >= 0.3 is 0 Å². The summed E-state index contributed by atoms with van der Waals surface area (Å²) in [5, 5.41) is 19.2. The van der Waals surface area contributed by atoms with E-state index in [0.29, 0.717) is 5.56 Å². The predicted octanol–water partition coefficient (Wildman–Crippen LogP) is 1.49. The summed E-state index contributed by atoms with van der Waals surface area (Å²) in [6.45, 7) is 3.41. The minimum Gasteiger partial charge on any atom is -0.508 e. The van der Waals surface area contributed by atoms with E-state index < -0.39 is 0 Å². The molecule has 0 aliphatic heterocycles. The molecule has 60 valence electrons. The molecule has 1 heterocycles. The van der Waals surface area contributed by atoms with Gasteiger partial charge in [0.05, 0.1) is 5.52 Å². The molecule has 1 aromatic carbocycles. The predicted molar refractivity (Wildman–Crippen MR) is 45.6 cm³/mol. The van der Waals surface area contributed by atoms with Crippen LogP contribution in [0.15, 0.2) is 24.8 Å². The van der Waals surface area contributed by atoms with Crippen LogP contribution >= 0.6 is 0 Å². The number of aliphatic hydroxyl groups excluding tert-OH is 1. The lowest BCUT2D eigenvalue weighted by Crippen LogP contribution is -1.80. The van der Waals surface area contributed by atoms with Crippen LogP contribution in [0, 0.1) is 0 Å². The molecule has 0 saturated carbocycles. The minimum atomic E-state index is 0.0416. The Bertz CT molecular complexity index is 433. The molecule has 0 atom stereocenters. The number of rotatable bonds is 1. The average molecular weight is 161 g/mol. The van der Waals surface area contributed by atoms with Gasteiger partial charge in [-0.2, -0.15) is 0 Å². The van der Waals surface area contributed by atoms with Gasteiger partial charge in [-0.05, 0) is 18.2 Å². The molecular formula is C8H7N3O. The molecule has 0 spiro atoms. The first-order valence-electron chi connectivity index (χ1n) is 3.46. The van der Waals surface area contributed by atoms with Crippen molar-refractivity contribution in [3.63, 3.8) is 0 Å². The van der Waals surface area contributed by atoms with Crippen molar-refractivity contribution in [1.82, 2.24) is 15.4 Å². The molecule has 0 aliphatic carbocycles. The zero-order chi connectivity index (χ0) is 8.55. The topological polar surface area (TPSA) is 61.8 Å². The normalized spacial score (nSPS) is 10.3. The maximum Gasteiger partial charge on any atom is 0.115 e. The van der Waals surface area contributed by atoms with Crippen molar-refractivity contribution in [2.75, 3.05) is 0 Å². The Morgan fingerprint density at radius 1 is 1.50 bits per heavy atom. The van der Waals surface area contributed by atoms with Gasteiger partial charge in [0.2, 0.25) is 0 Å². The van der Waals surface area contributed by atoms with E-state index in [1.54, 1.807) is 18.2 Å². The second kappa shape index (κ2) is 2.34. The maximum atomic E-state index is 9.07. The summed E-state index contributed by atoms with van der Waals surface area (Å²) in [5.41, 5.74) is 2.24. The van der Waals surface area contributed by atoms with Crippen LogP contribution in [0.1, 0.15) is 5.56 Å². The molecule has 0 aliphatic rings. The molecule has 2 rings (SSSR count). The minimum absolute atomic E-state index is 0.0416. The summed E-state index contributed by atoms with van der Waals surface area (Å²) in [4.78, 5) is 0. The lowest BCUT2D eigenvalue weighted by molar-refractivity contribution is 0.514. The van der Waals surface area contributed by atoms with Crippen LogP contribution < -0.4 is 0 Å². The first-order chi connectivity index (χ1) is 5.77. The monoisotopic (exact) mass is 161 g/mol. The lowest BCUT2D eigenvalue weighted by Gasteiger charge is -1.95. The molecule has 0 amide bonds. The van der Waals surface area contributed by atoms with Crippen molar-refractivity contribution in [3.05, 3.63) is 30.3 Å². The number of nitrogens with one attached hydrogen (secondary N) is 1. The Kier molecular flexibility index (Phi) is 1.33. The molecule has 0 saturated heterocycles. The van der Waals surface area contributed by atoms with Crippen molar-refractivity contribution in [1.29, 1.82) is 0 Å². The van der Waals surface area contributed by atoms with Crippen LogP contribution in [0.5, 0.6) is 0 Å². The standard InChI is InChI=1S/C8H7N3O/c1-5(12)6-2-3-7-8(4-6)10-11-9-7/h2-4,12H,1H2,(H,9,10,11). The lowest BCUT2D eigenvalue weighted by atomic mass is 10.2. The van der Waals surface area contributed by atoms with Crippen molar-refractivity contribution in [3.8, 4) is 0 Å². The fourth-order valence-corrected chi connectivity index (χ4v) is 1.02. The highest BCUT2D eigenvalue weighted by Crippen LogP contribution is 2.14. The van der Waals surface area contributed by atoms with Crippen LogP contribution in [-0.2, 0) is 0 Å². The maximum absolute atomic E-state index is 9.07. The fourth-order valence-electron chi connectivity index (χ4n) is 1.02. The Hall–Kier alpha value is -1.84. The van der Waals surface area contributed by atoms with E-state index in [0.717, 1.165) is 11.0 Å². The van der Waals surface area contributed by atoms with Gasteiger partial charge in [-0.15, -0.1) is 5.10 Å². The number of fused-ring (bicyclic) bond motifs is 1. The molecule has 4 nitrogen and oxygen atoms in total. The number of benzene rings is 1. The van der Waals surface area contributed by atoms with E-state index in [1.807, 2.05) is 0 Å². The number of aromatic amines is 1. The number of hydrogen-bond acceptors (Lipinski definition) is 3. The Labute approximate surface area is 68.5 Å². The Morgan fingerprint density at radius 3 is 3.08 bits per heavy atom. The zero-order valence-corrected chi connectivity index (χ0v) is 6.28. The average Bonchev–Trinajstić information content (AvgIpc) is 2.49. The third-order valence-corrected chi connectivity index (χ3v) is 1.66. The van der Waals surface area contributed by atoms with Crippen LogP contribution in [0.4, 0.5) is 0 Å². The number of nitrogens with zero attached hydrogens (tertiary/aromatic N) is 2. The highest BCUT2D eigenvalue weighted by atomic mass is 16.3. The van der Waals surface area contributed by atoms with Gasteiger partial charge < -0.3 is 5.11 Å². The quantitative estimate of drug-likeness (QED) is 0.623. The van der Waals surface area contributed by atoms with Gasteiger partial charge in [-0.25, -0.2) is 0 Å². The van der Waals surface area contributed by atoms with E-state index in [2.05, 4.69) is 22.0 Å². The third kappa shape index (κ3) is 0.934. The highest BCUT2D eigenvalue weighted by molar-refractivity contribution is 5.77. The molecule has 0 bridgehead atoms. The number of aromatic nitrogens is 3. The summed E-state index contributed by atoms with van der Waals surface area (Å²) >= 11 is 0. The molecule has 12 heavy (non-hydrogen) atoms. The fraction of sp³-hybridized carbons (Fsp3) is 0. The van der Waals surface area contributed by atoms with Gasteiger partial charge in [-0.1, -0.05) is 11.8 Å². The van der Waals surface area contributed by atoms with Crippen LogP contribution in [-0.4, -0.2) is 20.5 Å². The largest absolute Gasteiger partial charge is 0.508 e. The van der Waals surface area contributed by atoms with Gasteiger partial charge in [0.1, 0.15) is 11.3 Å². The van der Waals surface area contributed by atoms with Crippen LogP contribution in [0.3, 0.4) is 0 Å². The Morgan fingerprint density at radius 2 is 2.33 bits per heavy atom. The number of aliphatic hydroxyl groups is 1. The van der Waals surface area contributed by atoms with Crippen molar-refractivity contribution in [2.24, 2.45) is 0 Å². The van der Waals surface area contributed by atoms with Gasteiger partial charge in [0.25, 0.3) is 0 Å². The summed E-state index contributed by atoms with van der Waals surface area (Å²) in [6, 6.07) is 5.28. The van der Waals surface area contributed by atoms with Crippen LogP contribution in [0.25, 0.3) is 16.8 Å². The summed E-state index contributed by atoms with van der Waals surface area (Å²) < 4.78 is 0. The van der Waals surface area contributed by atoms with Crippen molar-refractivity contribution >= 4 is 16.8 Å². The van der Waals surface area contributed by atoms with E-state index in [4.69, 9.17) is 5.11 Å². The Balaban J connectivity index is 2.68. The molecule has 1 aromatic heterocycles. The second-order valence-electron chi connectivity index (χ2n) is 2.49. The van der Waals surface area contributed by atoms with Crippen molar-refractivity contribution < 1.29 is 5.11 Å². The van der Waals surface area contributed by atoms with Gasteiger partial charge in [-0.3, -0.25) is 5.10 Å². The molecule has 4 heteroatoms. The summed E-state index contributed by atoms with van der Waals surface area (Å²) in [7, 11) is 0. The molecule has 2 N–H and O–H groups in total. The first-order valence-corrected chi connectivity index (χ1v) is 3.46. The summed E-state index contributed by atoms with van der Waals surface area (Å²) in [5.74, 6) is 0.0416. The number of H-pyrrole nitrogens is 1. The molecule has 0 fully saturated rings. The van der Waals surface area contributed by atoms with Gasteiger partial charge in [0.15, 0.2) is 0 Å². The SMILES string of the molecule is C=C(O)c1ccc2[nH]nnc2c1. The van der Waals surface area contributed by atoms with E-state index >= 15 is 0 Å². The second-order valence-corrected chi connectivity index (χ2v) is 2.49. The van der Waals surface area contributed by atoms with E-state index in [-0.39, 0.29) is 5.76 Å². The third-order valence-electron chi connectivity index (χ3n) is 1.66. The van der Waals surface area contributed by atoms with Gasteiger partial charge in [0, 0.05) is 5.56 Å². The van der Waals surface area contributed by atoms with Crippen molar-refractivity contribution in [2.45, 2.75) is 0 Å². The van der Waals surface area contributed by atoms with E-state index in [9.17, 15) is 0 Å². The molecule has 0 radical (unpaired) electrons.